The number of nitrogens with zero attached hydrogens (tertiary/aromatic N) is 7. The fraction of sp³-hybridized carbons (Fsp3) is 0.357. The van der Waals surface area contributed by atoms with Crippen LogP contribution in [-0.4, -0.2) is 36.6 Å². The summed E-state index contributed by atoms with van der Waals surface area (Å²) in [5, 5.41) is 4.24. The number of aryl methyl sites for hydroxylation is 1. The summed E-state index contributed by atoms with van der Waals surface area (Å²) < 4.78 is 1.74. The molecular weight excluding hydrogens is 266 g/mol. The SMILES string of the molecule is CCCc1cc(N(C)Cc2ncccn2)n2ncnc2n1. The van der Waals surface area contributed by atoms with E-state index in [-0.39, 0.29) is 0 Å². The van der Waals surface area contributed by atoms with Gasteiger partial charge in [-0.3, -0.25) is 0 Å². The summed E-state index contributed by atoms with van der Waals surface area (Å²) >= 11 is 0. The van der Waals surface area contributed by atoms with Crippen LogP contribution in [0.2, 0.25) is 0 Å². The molecule has 0 aliphatic heterocycles. The Labute approximate surface area is 122 Å². The summed E-state index contributed by atoms with van der Waals surface area (Å²) in [6.45, 7) is 2.74. The van der Waals surface area contributed by atoms with Crippen LogP contribution in [0.1, 0.15) is 24.9 Å². The van der Waals surface area contributed by atoms with Gasteiger partial charge in [-0.25, -0.2) is 15.0 Å². The minimum absolute atomic E-state index is 0.603. The van der Waals surface area contributed by atoms with E-state index in [1.165, 1.54) is 6.33 Å². The third-order valence-corrected chi connectivity index (χ3v) is 3.18. The van der Waals surface area contributed by atoms with Gasteiger partial charge in [-0.1, -0.05) is 13.3 Å². The lowest BCUT2D eigenvalue weighted by Crippen LogP contribution is -2.21. The molecule has 0 fully saturated rings. The lowest BCUT2D eigenvalue weighted by atomic mass is 10.2. The Morgan fingerprint density at radius 2 is 2.00 bits per heavy atom. The smallest absolute Gasteiger partial charge is 0.254 e. The maximum absolute atomic E-state index is 4.51. The molecule has 0 spiro atoms. The first-order chi connectivity index (χ1) is 10.3. The monoisotopic (exact) mass is 283 g/mol. The number of hydrogen-bond donors (Lipinski definition) is 0. The van der Waals surface area contributed by atoms with E-state index >= 15 is 0 Å². The molecule has 0 saturated heterocycles. The van der Waals surface area contributed by atoms with Crippen molar-refractivity contribution < 1.29 is 0 Å². The summed E-state index contributed by atoms with van der Waals surface area (Å²) in [6.07, 6.45) is 6.98. The van der Waals surface area contributed by atoms with E-state index in [0.717, 1.165) is 30.2 Å². The van der Waals surface area contributed by atoms with Gasteiger partial charge >= 0.3 is 0 Å². The number of hydrogen-bond acceptors (Lipinski definition) is 6. The predicted octanol–water partition coefficient (Wildman–Crippen LogP) is 1.50. The lowest BCUT2D eigenvalue weighted by molar-refractivity contribution is 0.780. The Kier molecular flexibility index (Phi) is 3.72. The van der Waals surface area contributed by atoms with Crippen LogP contribution >= 0.6 is 0 Å². The van der Waals surface area contributed by atoms with Crippen LogP contribution in [-0.2, 0) is 13.0 Å². The fourth-order valence-electron chi connectivity index (χ4n) is 2.20. The second-order valence-corrected chi connectivity index (χ2v) is 4.85. The van der Waals surface area contributed by atoms with Gasteiger partial charge in [0.05, 0.1) is 6.54 Å². The Bertz CT molecular complexity index is 723. The van der Waals surface area contributed by atoms with Crippen molar-refractivity contribution in [3.63, 3.8) is 0 Å². The number of rotatable bonds is 5. The Morgan fingerprint density at radius 3 is 2.76 bits per heavy atom. The molecule has 21 heavy (non-hydrogen) atoms. The number of anilines is 1. The maximum Gasteiger partial charge on any atom is 0.254 e. The molecular formula is C14H17N7. The second-order valence-electron chi connectivity index (χ2n) is 4.85. The van der Waals surface area contributed by atoms with Crippen LogP contribution in [0.3, 0.4) is 0 Å². The maximum atomic E-state index is 4.51. The molecule has 3 aromatic rings. The molecule has 0 atom stereocenters. The topological polar surface area (TPSA) is 72.1 Å². The van der Waals surface area contributed by atoms with Crippen LogP contribution in [0.4, 0.5) is 5.82 Å². The predicted molar refractivity (Wildman–Crippen MR) is 78.9 cm³/mol. The highest BCUT2D eigenvalue weighted by atomic mass is 15.4. The minimum Gasteiger partial charge on any atom is -0.352 e. The third-order valence-electron chi connectivity index (χ3n) is 3.18. The van der Waals surface area contributed by atoms with E-state index in [1.807, 2.05) is 19.2 Å². The molecule has 7 nitrogen and oxygen atoms in total. The van der Waals surface area contributed by atoms with Crippen molar-refractivity contribution in [1.82, 2.24) is 29.5 Å². The first-order valence-electron chi connectivity index (χ1n) is 6.94. The van der Waals surface area contributed by atoms with Crippen molar-refractivity contribution in [1.29, 1.82) is 0 Å². The molecule has 0 unspecified atom stereocenters. The largest absolute Gasteiger partial charge is 0.352 e. The van der Waals surface area contributed by atoms with E-state index in [2.05, 4.69) is 36.9 Å². The van der Waals surface area contributed by atoms with Crippen molar-refractivity contribution in [2.24, 2.45) is 0 Å². The molecule has 108 valence electrons. The van der Waals surface area contributed by atoms with Crippen LogP contribution < -0.4 is 4.90 Å². The second kappa shape index (κ2) is 5.82. The molecule has 0 N–H and O–H groups in total. The Balaban J connectivity index is 1.96. The van der Waals surface area contributed by atoms with Gasteiger partial charge in [-0.05, 0) is 12.5 Å². The molecule has 3 heterocycles. The van der Waals surface area contributed by atoms with Gasteiger partial charge in [-0.15, -0.1) is 0 Å². The van der Waals surface area contributed by atoms with Crippen molar-refractivity contribution >= 4 is 11.6 Å². The highest BCUT2D eigenvalue weighted by Gasteiger charge is 2.12. The standard InChI is InChI=1S/C14H17N7/c1-3-5-11-8-13(21-14(19-11)17-10-18-21)20(2)9-12-15-6-4-7-16-12/h4,6-8,10H,3,5,9H2,1-2H3. The summed E-state index contributed by atoms with van der Waals surface area (Å²) in [7, 11) is 1.99. The van der Waals surface area contributed by atoms with Gasteiger partial charge in [-0.2, -0.15) is 14.6 Å². The third kappa shape index (κ3) is 2.81. The molecule has 3 aromatic heterocycles. The van der Waals surface area contributed by atoms with Crippen LogP contribution in [0.25, 0.3) is 5.78 Å². The minimum atomic E-state index is 0.603. The van der Waals surface area contributed by atoms with Gasteiger partial charge < -0.3 is 4.90 Å². The summed E-state index contributed by atoms with van der Waals surface area (Å²) in [5.41, 5.74) is 1.02. The molecule has 0 aliphatic carbocycles. The highest BCUT2D eigenvalue weighted by molar-refractivity contribution is 5.46. The van der Waals surface area contributed by atoms with Crippen molar-refractivity contribution in [2.75, 3.05) is 11.9 Å². The number of fused-ring (bicyclic) bond motifs is 1. The first kappa shape index (κ1) is 13.4. The van der Waals surface area contributed by atoms with E-state index in [9.17, 15) is 0 Å². The van der Waals surface area contributed by atoms with E-state index < -0.39 is 0 Å². The van der Waals surface area contributed by atoms with Gasteiger partial charge in [0.1, 0.15) is 18.0 Å². The fourth-order valence-corrected chi connectivity index (χ4v) is 2.20. The molecule has 0 aromatic carbocycles. The lowest BCUT2D eigenvalue weighted by Gasteiger charge is -2.19. The van der Waals surface area contributed by atoms with Gasteiger partial charge in [0.2, 0.25) is 0 Å². The van der Waals surface area contributed by atoms with Gasteiger partial charge in [0.25, 0.3) is 5.78 Å². The van der Waals surface area contributed by atoms with Crippen molar-refractivity contribution in [3.05, 3.63) is 42.4 Å². The Hall–Kier alpha value is -2.57. The first-order valence-corrected chi connectivity index (χ1v) is 6.94. The summed E-state index contributed by atoms with van der Waals surface area (Å²) in [4.78, 5) is 19.3. The summed E-state index contributed by atoms with van der Waals surface area (Å²) in [6, 6.07) is 3.86. The highest BCUT2D eigenvalue weighted by Crippen LogP contribution is 2.17. The van der Waals surface area contributed by atoms with Crippen molar-refractivity contribution in [3.8, 4) is 0 Å². The molecule has 7 heteroatoms. The van der Waals surface area contributed by atoms with E-state index in [1.54, 1.807) is 16.9 Å². The molecule has 0 radical (unpaired) electrons. The zero-order chi connectivity index (χ0) is 14.7. The van der Waals surface area contributed by atoms with Crippen molar-refractivity contribution in [2.45, 2.75) is 26.3 Å². The molecule has 3 rings (SSSR count). The molecule has 0 saturated carbocycles. The quantitative estimate of drug-likeness (QED) is 0.706. The van der Waals surface area contributed by atoms with E-state index in [4.69, 9.17) is 0 Å². The van der Waals surface area contributed by atoms with Crippen LogP contribution in [0, 0.1) is 0 Å². The van der Waals surface area contributed by atoms with Crippen LogP contribution in [0.5, 0.6) is 0 Å². The average Bonchev–Trinajstić information content (AvgIpc) is 2.96. The molecule has 0 bridgehead atoms. The average molecular weight is 283 g/mol. The van der Waals surface area contributed by atoms with E-state index in [0.29, 0.717) is 12.3 Å². The molecule has 0 aliphatic rings. The zero-order valence-corrected chi connectivity index (χ0v) is 12.1. The van der Waals surface area contributed by atoms with Crippen LogP contribution in [0.15, 0.2) is 30.9 Å². The Morgan fingerprint density at radius 1 is 1.19 bits per heavy atom. The van der Waals surface area contributed by atoms with Gasteiger partial charge in [0.15, 0.2) is 0 Å². The summed E-state index contributed by atoms with van der Waals surface area (Å²) in [5.74, 6) is 2.33. The normalized spacial score (nSPS) is 11.0. The zero-order valence-electron chi connectivity index (χ0n) is 12.1. The van der Waals surface area contributed by atoms with Gasteiger partial charge in [0, 0.05) is 31.2 Å². The number of aromatic nitrogens is 6. The molecule has 0 amide bonds.